The van der Waals surface area contributed by atoms with Gasteiger partial charge in [-0.15, -0.1) is 0 Å². The molecule has 1 heterocycles. The Hall–Kier alpha value is -2.95. The molecule has 0 atom stereocenters. The highest BCUT2D eigenvalue weighted by molar-refractivity contribution is 6.16. The number of hydrogen-bond donors (Lipinski definition) is 1. The van der Waals surface area contributed by atoms with Gasteiger partial charge >= 0.3 is 0 Å². The number of carbonyl (C=O) groups is 1. The zero-order valence-electron chi connectivity index (χ0n) is 14.8. The first-order valence-electron chi connectivity index (χ1n) is 7.94. The molecule has 0 unspecified atom stereocenters. The third-order valence-electron chi connectivity index (χ3n) is 4.13. The van der Waals surface area contributed by atoms with Crippen LogP contribution in [-0.4, -0.2) is 25.6 Å². The molecule has 2 aromatic rings. The molecule has 3 rings (SSSR count). The standard InChI is InChI=1S/C20H21NO4/c1-20(2)10-9-13-15(25-20)11-16(23-3)17(19(13)24-4)18(22)12-7-5-6-8-14(12)21/h5-11H,21H2,1-4H3. The van der Waals surface area contributed by atoms with E-state index in [-0.39, 0.29) is 5.78 Å². The Morgan fingerprint density at radius 2 is 1.88 bits per heavy atom. The number of fused-ring (bicyclic) bond motifs is 1. The van der Waals surface area contributed by atoms with Crippen molar-refractivity contribution in [1.29, 1.82) is 0 Å². The molecule has 0 amide bonds. The van der Waals surface area contributed by atoms with Crippen molar-refractivity contribution in [3.05, 3.63) is 53.1 Å². The Morgan fingerprint density at radius 1 is 1.16 bits per heavy atom. The molecule has 2 N–H and O–H groups in total. The quantitative estimate of drug-likeness (QED) is 0.679. The molecule has 0 saturated carbocycles. The van der Waals surface area contributed by atoms with Gasteiger partial charge in [0.1, 0.15) is 28.4 Å². The molecule has 0 aliphatic carbocycles. The highest BCUT2D eigenvalue weighted by Crippen LogP contribution is 2.44. The predicted molar refractivity (Wildman–Crippen MR) is 97.6 cm³/mol. The maximum absolute atomic E-state index is 13.1. The highest BCUT2D eigenvalue weighted by Gasteiger charge is 2.30. The van der Waals surface area contributed by atoms with Crippen LogP contribution < -0.4 is 19.9 Å². The van der Waals surface area contributed by atoms with Gasteiger partial charge in [0.2, 0.25) is 5.78 Å². The van der Waals surface area contributed by atoms with Gasteiger partial charge in [0.05, 0.1) is 19.8 Å². The normalized spacial score (nSPS) is 14.4. The first-order valence-corrected chi connectivity index (χ1v) is 7.94. The predicted octanol–water partition coefficient (Wildman–Crippen LogP) is 3.70. The molecule has 0 radical (unpaired) electrons. The third-order valence-corrected chi connectivity index (χ3v) is 4.13. The molecular formula is C20H21NO4. The minimum atomic E-state index is -0.446. The van der Waals surface area contributed by atoms with Gasteiger partial charge in [-0.05, 0) is 38.1 Å². The number of ether oxygens (including phenoxy) is 3. The van der Waals surface area contributed by atoms with Gasteiger partial charge in [-0.3, -0.25) is 4.79 Å². The maximum Gasteiger partial charge on any atom is 0.202 e. The SMILES string of the molecule is COc1cc2c(c(OC)c1C(=O)c1ccccc1N)C=CC(C)(C)O2. The van der Waals surface area contributed by atoms with Gasteiger partial charge in [0.15, 0.2) is 0 Å². The number of hydrogen-bond acceptors (Lipinski definition) is 5. The monoisotopic (exact) mass is 339 g/mol. The van der Waals surface area contributed by atoms with E-state index >= 15 is 0 Å². The first-order chi connectivity index (χ1) is 11.9. The van der Waals surface area contributed by atoms with Crippen LogP contribution in [0.4, 0.5) is 5.69 Å². The molecule has 0 saturated heterocycles. The van der Waals surface area contributed by atoms with Crippen LogP contribution in [0.1, 0.15) is 35.3 Å². The summed E-state index contributed by atoms with van der Waals surface area (Å²) in [4.78, 5) is 13.1. The zero-order valence-corrected chi connectivity index (χ0v) is 14.8. The molecule has 5 nitrogen and oxygen atoms in total. The topological polar surface area (TPSA) is 70.8 Å². The van der Waals surface area contributed by atoms with Crippen molar-refractivity contribution < 1.29 is 19.0 Å². The van der Waals surface area contributed by atoms with Gasteiger partial charge < -0.3 is 19.9 Å². The van der Waals surface area contributed by atoms with E-state index < -0.39 is 5.60 Å². The second kappa shape index (κ2) is 6.16. The van der Waals surface area contributed by atoms with Gasteiger partial charge in [0, 0.05) is 17.3 Å². The maximum atomic E-state index is 13.1. The summed E-state index contributed by atoms with van der Waals surface area (Å²) in [5.41, 5.74) is 7.37. The van der Waals surface area contributed by atoms with E-state index in [9.17, 15) is 4.79 Å². The molecule has 0 aromatic heterocycles. The third kappa shape index (κ3) is 2.93. The fourth-order valence-corrected chi connectivity index (χ4v) is 2.90. The Kier molecular flexibility index (Phi) is 4.17. The minimum Gasteiger partial charge on any atom is -0.496 e. The zero-order chi connectivity index (χ0) is 18.2. The number of benzene rings is 2. The number of ketones is 1. The Balaban J connectivity index is 2.24. The number of anilines is 1. The van der Waals surface area contributed by atoms with E-state index in [1.165, 1.54) is 14.2 Å². The van der Waals surface area contributed by atoms with Gasteiger partial charge in [0.25, 0.3) is 0 Å². The molecule has 0 fully saturated rings. The van der Waals surface area contributed by atoms with Crippen LogP contribution >= 0.6 is 0 Å². The van der Waals surface area contributed by atoms with Gasteiger partial charge in [-0.2, -0.15) is 0 Å². The van der Waals surface area contributed by atoms with Crippen LogP contribution in [0, 0.1) is 0 Å². The van der Waals surface area contributed by atoms with E-state index in [4.69, 9.17) is 19.9 Å². The summed E-state index contributed by atoms with van der Waals surface area (Å²) in [6.07, 6.45) is 3.83. The average Bonchev–Trinajstić information content (AvgIpc) is 2.58. The summed E-state index contributed by atoms with van der Waals surface area (Å²) in [6, 6.07) is 8.65. The molecule has 5 heteroatoms. The number of para-hydroxylation sites is 1. The van der Waals surface area contributed by atoms with E-state index in [0.29, 0.717) is 39.6 Å². The number of methoxy groups -OCH3 is 2. The molecular weight excluding hydrogens is 318 g/mol. The van der Waals surface area contributed by atoms with E-state index in [2.05, 4.69) is 0 Å². The van der Waals surface area contributed by atoms with Crippen molar-refractivity contribution in [2.24, 2.45) is 0 Å². The van der Waals surface area contributed by atoms with Crippen LogP contribution in [0.3, 0.4) is 0 Å². The lowest BCUT2D eigenvalue weighted by atomic mass is 9.94. The van der Waals surface area contributed by atoms with Crippen molar-refractivity contribution in [2.75, 3.05) is 20.0 Å². The molecule has 25 heavy (non-hydrogen) atoms. The van der Waals surface area contributed by atoms with E-state index in [1.54, 1.807) is 30.3 Å². The minimum absolute atomic E-state index is 0.257. The van der Waals surface area contributed by atoms with Crippen LogP contribution in [-0.2, 0) is 0 Å². The number of carbonyl (C=O) groups excluding carboxylic acids is 1. The molecule has 1 aliphatic heterocycles. The molecule has 2 aromatic carbocycles. The van der Waals surface area contributed by atoms with Crippen LogP contribution in [0.5, 0.6) is 17.2 Å². The van der Waals surface area contributed by atoms with Crippen LogP contribution in [0.25, 0.3) is 6.08 Å². The second-order valence-corrected chi connectivity index (χ2v) is 6.35. The van der Waals surface area contributed by atoms with Crippen molar-refractivity contribution in [3.63, 3.8) is 0 Å². The van der Waals surface area contributed by atoms with Crippen molar-refractivity contribution in [1.82, 2.24) is 0 Å². The lowest BCUT2D eigenvalue weighted by molar-refractivity contribution is 0.103. The lowest BCUT2D eigenvalue weighted by Gasteiger charge is -2.29. The number of rotatable bonds is 4. The molecule has 130 valence electrons. The van der Waals surface area contributed by atoms with Crippen LogP contribution in [0.2, 0.25) is 0 Å². The number of nitrogen functional groups attached to an aromatic ring is 1. The Bertz CT molecular complexity index is 868. The van der Waals surface area contributed by atoms with Crippen LogP contribution in [0.15, 0.2) is 36.4 Å². The average molecular weight is 339 g/mol. The summed E-state index contributed by atoms with van der Waals surface area (Å²) in [7, 11) is 3.03. The fourth-order valence-electron chi connectivity index (χ4n) is 2.90. The Labute approximate surface area is 147 Å². The molecule has 0 spiro atoms. The summed E-state index contributed by atoms with van der Waals surface area (Å²) in [6.45, 7) is 3.91. The van der Waals surface area contributed by atoms with Crippen molar-refractivity contribution in [3.8, 4) is 17.2 Å². The first kappa shape index (κ1) is 16.9. The summed E-state index contributed by atoms with van der Waals surface area (Å²) >= 11 is 0. The van der Waals surface area contributed by atoms with Crippen molar-refractivity contribution >= 4 is 17.5 Å². The Morgan fingerprint density at radius 3 is 2.52 bits per heavy atom. The summed E-state index contributed by atoms with van der Waals surface area (Å²) in [5.74, 6) is 1.15. The van der Waals surface area contributed by atoms with E-state index in [0.717, 1.165) is 0 Å². The van der Waals surface area contributed by atoms with E-state index in [1.807, 2.05) is 26.0 Å². The van der Waals surface area contributed by atoms with Gasteiger partial charge in [-0.1, -0.05) is 12.1 Å². The largest absolute Gasteiger partial charge is 0.496 e. The van der Waals surface area contributed by atoms with Crippen molar-refractivity contribution in [2.45, 2.75) is 19.4 Å². The lowest BCUT2D eigenvalue weighted by Crippen LogP contribution is -2.28. The van der Waals surface area contributed by atoms with Gasteiger partial charge in [-0.25, -0.2) is 0 Å². The highest BCUT2D eigenvalue weighted by atomic mass is 16.5. The molecule has 0 bridgehead atoms. The second-order valence-electron chi connectivity index (χ2n) is 6.35. The summed E-state index contributed by atoms with van der Waals surface area (Å²) in [5, 5.41) is 0. The fraction of sp³-hybridized carbons (Fsp3) is 0.250. The smallest absolute Gasteiger partial charge is 0.202 e. The number of nitrogens with two attached hydrogens (primary N) is 1. The molecule has 1 aliphatic rings. The summed E-state index contributed by atoms with van der Waals surface area (Å²) < 4.78 is 17.0.